The Morgan fingerprint density at radius 2 is 1.94 bits per heavy atom. The Kier molecular flexibility index (Phi) is 2.65. The monoisotopic (exact) mass is 243 g/mol. The molecule has 0 saturated carbocycles. The first-order valence-corrected chi connectivity index (χ1v) is 6.21. The molecular formula is C15H14ClN. The van der Waals surface area contributed by atoms with Crippen molar-refractivity contribution in [3.63, 3.8) is 0 Å². The van der Waals surface area contributed by atoms with E-state index in [9.17, 15) is 0 Å². The molecule has 86 valence electrons. The molecule has 0 bridgehead atoms. The average Bonchev–Trinajstić information content (AvgIpc) is 2.72. The Labute approximate surface area is 106 Å². The zero-order valence-electron chi connectivity index (χ0n) is 9.70. The van der Waals surface area contributed by atoms with Crippen molar-refractivity contribution < 1.29 is 0 Å². The topological polar surface area (TPSA) is 12.0 Å². The van der Waals surface area contributed by atoms with Gasteiger partial charge in [0, 0.05) is 11.6 Å². The molecule has 0 aromatic heterocycles. The summed E-state index contributed by atoms with van der Waals surface area (Å²) in [6.45, 7) is 3.05. The number of hydrogen-bond donors (Lipinski definition) is 1. The van der Waals surface area contributed by atoms with Crippen LogP contribution in [0.4, 0.5) is 0 Å². The van der Waals surface area contributed by atoms with Crippen molar-refractivity contribution in [3.05, 3.63) is 69.7 Å². The fourth-order valence-corrected chi connectivity index (χ4v) is 2.70. The summed E-state index contributed by atoms with van der Waals surface area (Å²) in [5, 5.41) is 4.35. The van der Waals surface area contributed by atoms with E-state index in [4.69, 9.17) is 11.6 Å². The smallest absolute Gasteiger partial charge is 0.0597 e. The Morgan fingerprint density at radius 1 is 1.12 bits per heavy atom. The lowest BCUT2D eigenvalue weighted by Gasteiger charge is -2.14. The molecule has 1 nitrogen and oxygen atoms in total. The maximum atomic E-state index is 6.27. The molecule has 1 unspecified atom stereocenters. The summed E-state index contributed by atoms with van der Waals surface area (Å²) in [5.41, 5.74) is 5.20. The van der Waals surface area contributed by atoms with Gasteiger partial charge in [0.15, 0.2) is 0 Å². The van der Waals surface area contributed by atoms with Crippen LogP contribution in [-0.2, 0) is 6.54 Å². The molecule has 1 atom stereocenters. The first-order chi connectivity index (χ1) is 8.25. The van der Waals surface area contributed by atoms with Crippen molar-refractivity contribution in [1.29, 1.82) is 0 Å². The van der Waals surface area contributed by atoms with Crippen LogP contribution in [0.3, 0.4) is 0 Å². The van der Waals surface area contributed by atoms with Crippen molar-refractivity contribution in [1.82, 2.24) is 5.32 Å². The van der Waals surface area contributed by atoms with Crippen LogP contribution in [0.5, 0.6) is 0 Å². The number of hydrogen-bond acceptors (Lipinski definition) is 1. The third kappa shape index (κ3) is 1.86. The minimum atomic E-state index is 0.235. The highest BCUT2D eigenvalue weighted by atomic mass is 35.5. The largest absolute Gasteiger partial charge is 0.302 e. The van der Waals surface area contributed by atoms with E-state index in [0.29, 0.717) is 0 Å². The molecule has 17 heavy (non-hydrogen) atoms. The normalized spacial score (nSPS) is 18.1. The first-order valence-electron chi connectivity index (χ1n) is 5.83. The lowest BCUT2D eigenvalue weighted by molar-refractivity contribution is 0.667. The van der Waals surface area contributed by atoms with Crippen LogP contribution in [0.15, 0.2) is 42.5 Å². The molecule has 0 radical (unpaired) electrons. The van der Waals surface area contributed by atoms with Gasteiger partial charge in [-0.1, -0.05) is 53.6 Å². The zero-order valence-corrected chi connectivity index (χ0v) is 10.5. The fraction of sp³-hybridized carbons (Fsp3) is 0.200. The highest BCUT2D eigenvalue weighted by Crippen LogP contribution is 2.34. The van der Waals surface area contributed by atoms with Gasteiger partial charge in [0.25, 0.3) is 0 Å². The molecule has 1 N–H and O–H groups in total. The van der Waals surface area contributed by atoms with E-state index in [2.05, 4.69) is 36.5 Å². The fourth-order valence-electron chi connectivity index (χ4n) is 2.45. The Bertz CT molecular complexity index is 563. The number of rotatable bonds is 1. The van der Waals surface area contributed by atoms with Gasteiger partial charge in [0.2, 0.25) is 0 Å². The second kappa shape index (κ2) is 4.17. The van der Waals surface area contributed by atoms with E-state index in [1.165, 1.54) is 22.3 Å². The van der Waals surface area contributed by atoms with Crippen LogP contribution in [0.25, 0.3) is 0 Å². The Hall–Kier alpha value is -1.31. The van der Waals surface area contributed by atoms with Crippen LogP contribution in [0.1, 0.15) is 28.3 Å². The van der Waals surface area contributed by atoms with Crippen LogP contribution >= 0.6 is 11.6 Å². The van der Waals surface area contributed by atoms with Gasteiger partial charge in [-0.25, -0.2) is 0 Å². The van der Waals surface area contributed by atoms with Crippen molar-refractivity contribution in [2.75, 3.05) is 0 Å². The Balaban J connectivity index is 2.10. The summed E-state index contributed by atoms with van der Waals surface area (Å²) in [5.74, 6) is 0. The minimum Gasteiger partial charge on any atom is -0.302 e. The predicted octanol–water partition coefficient (Wildman–Crippen LogP) is 3.84. The molecule has 1 aliphatic heterocycles. The molecule has 0 fully saturated rings. The standard InChI is InChI=1S/C15H14ClN/c1-10-6-7-11-9-17-15(13(11)8-10)12-4-2-3-5-14(12)16/h2-8,15,17H,9H2,1H3. The highest BCUT2D eigenvalue weighted by Gasteiger charge is 2.24. The molecule has 0 amide bonds. The van der Waals surface area contributed by atoms with Crippen LogP contribution in [0, 0.1) is 6.92 Å². The minimum absolute atomic E-state index is 0.235. The lowest BCUT2D eigenvalue weighted by Crippen LogP contribution is -2.13. The van der Waals surface area contributed by atoms with Gasteiger partial charge < -0.3 is 5.32 Å². The molecule has 0 saturated heterocycles. The van der Waals surface area contributed by atoms with E-state index in [1.807, 2.05) is 18.2 Å². The second-order valence-electron chi connectivity index (χ2n) is 4.54. The summed E-state index contributed by atoms with van der Waals surface area (Å²) in [7, 11) is 0. The molecule has 2 heteroatoms. The Morgan fingerprint density at radius 3 is 2.76 bits per heavy atom. The number of aryl methyl sites for hydroxylation is 1. The van der Waals surface area contributed by atoms with Gasteiger partial charge in [-0.3, -0.25) is 0 Å². The number of nitrogens with one attached hydrogen (secondary N) is 1. The van der Waals surface area contributed by atoms with Gasteiger partial charge in [-0.2, -0.15) is 0 Å². The van der Waals surface area contributed by atoms with Gasteiger partial charge in [0.1, 0.15) is 0 Å². The SMILES string of the molecule is Cc1ccc2c(c1)C(c1ccccc1Cl)NC2. The number of fused-ring (bicyclic) bond motifs is 1. The average molecular weight is 244 g/mol. The van der Waals surface area contributed by atoms with Crippen LogP contribution in [-0.4, -0.2) is 0 Å². The van der Waals surface area contributed by atoms with Crippen LogP contribution in [0.2, 0.25) is 5.02 Å². The van der Waals surface area contributed by atoms with Crippen molar-refractivity contribution in [2.24, 2.45) is 0 Å². The summed E-state index contributed by atoms with van der Waals surface area (Å²) in [6, 6.07) is 14.9. The second-order valence-corrected chi connectivity index (χ2v) is 4.94. The molecule has 2 aromatic rings. The van der Waals surface area contributed by atoms with E-state index in [1.54, 1.807) is 0 Å². The first kappa shape index (κ1) is 10.8. The maximum absolute atomic E-state index is 6.27. The van der Waals surface area contributed by atoms with Gasteiger partial charge in [0.05, 0.1) is 6.04 Å². The van der Waals surface area contributed by atoms with Gasteiger partial charge in [-0.05, 0) is 29.7 Å². The highest BCUT2D eigenvalue weighted by molar-refractivity contribution is 6.31. The predicted molar refractivity (Wildman–Crippen MR) is 71.3 cm³/mol. The zero-order chi connectivity index (χ0) is 11.8. The number of benzene rings is 2. The van der Waals surface area contributed by atoms with Crippen molar-refractivity contribution in [2.45, 2.75) is 19.5 Å². The summed E-state index contributed by atoms with van der Waals surface area (Å²) < 4.78 is 0. The third-order valence-corrected chi connectivity index (χ3v) is 3.67. The van der Waals surface area contributed by atoms with Crippen molar-refractivity contribution in [3.8, 4) is 0 Å². The van der Waals surface area contributed by atoms with Crippen molar-refractivity contribution >= 4 is 11.6 Å². The summed E-state index contributed by atoms with van der Waals surface area (Å²) >= 11 is 6.27. The van der Waals surface area contributed by atoms with E-state index in [-0.39, 0.29) is 6.04 Å². The summed E-state index contributed by atoms with van der Waals surface area (Å²) in [4.78, 5) is 0. The molecular weight excluding hydrogens is 230 g/mol. The summed E-state index contributed by atoms with van der Waals surface area (Å²) in [6.07, 6.45) is 0. The molecule has 3 rings (SSSR count). The van der Waals surface area contributed by atoms with Gasteiger partial charge in [-0.15, -0.1) is 0 Å². The quantitative estimate of drug-likeness (QED) is 0.803. The lowest BCUT2D eigenvalue weighted by atomic mass is 9.97. The number of halogens is 1. The van der Waals surface area contributed by atoms with E-state index >= 15 is 0 Å². The molecule has 0 spiro atoms. The van der Waals surface area contributed by atoms with E-state index < -0.39 is 0 Å². The van der Waals surface area contributed by atoms with Gasteiger partial charge >= 0.3 is 0 Å². The molecule has 1 aliphatic rings. The molecule has 2 aromatic carbocycles. The third-order valence-electron chi connectivity index (χ3n) is 3.33. The molecule has 1 heterocycles. The maximum Gasteiger partial charge on any atom is 0.0597 e. The van der Waals surface area contributed by atoms with Crippen LogP contribution < -0.4 is 5.32 Å². The molecule has 0 aliphatic carbocycles. The van der Waals surface area contributed by atoms with E-state index in [0.717, 1.165) is 11.6 Å².